The topological polar surface area (TPSA) is 32.3 Å². The van der Waals surface area contributed by atoms with Crippen LogP contribution in [0.2, 0.25) is 0 Å². The van der Waals surface area contributed by atoms with Crippen molar-refractivity contribution in [2.24, 2.45) is 0 Å². The van der Waals surface area contributed by atoms with Gasteiger partial charge in [0.15, 0.2) is 0 Å². The Morgan fingerprint density at radius 3 is 2.74 bits per heavy atom. The number of phenolic OH excluding ortho intramolecular Hbond substituents is 1. The highest BCUT2D eigenvalue weighted by atomic mass is 16.3. The summed E-state index contributed by atoms with van der Waals surface area (Å²) < 4.78 is 0. The largest absolute Gasteiger partial charge is 0.508 e. The van der Waals surface area contributed by atoms with Crippen molar-refractivity contribution in [2.75, 3.05) is 0 Å². The van der Waals surface area contributed by atoms with E-state index in [9.17, 15) is 5.11 Å². The van der Waals surface area contributed by atoms with Crippen molar-refractivity contribution in [3.05, 3.63) is 48.0 Å². The van der Waals surface area contributed by atoms with Crippen LogP contribution in [0.5, 0.6) is 5.75 Å². The standard InChI is InChI=1S/C17H17NO/c19-17-6-3-11-7-12(1-2-13(11)10-17)14-8-15-4-5-16(9-14)18-15/h1-3,6-8,10,15-16,18-19H,4-5,9H2. The molecule has 0 amide bonds. The molecule has 19 heavy (non-hydrogen) atoms. The van der Waals surface area contributed by atoms with Crippen LogP contribution in [0.3, 0.4) is 0 Å². The molecule has 96 valence electrons. The van der Waals surface area contributed by atoms with Crippen LogP contribution in [0.25, 0.3) is 16.3 Å². The molecule has 0 aliphatic carbocycles. The molecule has 0 saturated carbocycles. The van der Waals surface area contributed by atoms with Crippen LogP contribution >= 0.6 is 0 Å². The van der Waals surface area contributed by atoms with E-state index in [0.717, 1.165) is 11.8 Å². The average Bonchev–Trinajstić information content (AvgIpc) is 2.77. The van der Waals surface area contributed by atoms with Gasteiger partial charge in [0, 0.05) is 12.1 Å². The molecule has 2 unspecified atom stereocenters. The lowest BCUT2D eigenvalue weighted by Gasteiger charge is -2.21. The second kappa shape index (κ2) is 4.10. The summed E-state index contributed by atoms with van der Waals surface area (Å²) in [5.74, 6) is 0.333. The molecule has 2 aliphatic heterocycles. The summed E-state index contributed by atoms with van der Waals surface area (Å²) in [5, 5.41) is 15.4. The number of nitrogens with one attached hydrogen (secondary N) is 1. The van der Waals surface area contributed by atoms with E-state index in [2.05, 4.69) is 29.6 Å². The maximum Gasteiger partial charge on any atom is 0.116 e. The van der Waals surface area contributed by atoms with E-state index in [0.29, 0.717) is 17.8 Å². The lowest BCUT2D eigenvalue weighted by Crippen LogP contribution is -2.31. The number of benzene rings is 2. The minimum Gasteiger partial charge on any atom is -0.508 e. The van der Waals surface area contributed by atoms with Gasteiger partial charge in [0.05, 0.1) is 0 Å². The van der Waals surface area contributed by atoms with Gasteiger partial charge in [-0.15, -0.1) is 0 Å². The van der Waals surface area contributed by atoms with Crippen molar-refractivity contribution >= 4 is 16.3 Å². The summed E-state index contributed by atoms with van der Waals surface area (Å²) in [6.45, 7) is 0. The van der Waals surface area contributed by atoms with Gasteiger partial charge in [-0.05, 0) is 59.4 Å². The zero-order chi connectivity index (χ0) is 12.8. The lowest BCUT2D eigenvalue weighted by molar-refractivity contribution is 0.476. The molecule has 0 spiro atoms. The molecule has 2 atom stereocenters. The molecule has 0 radical (unpaired) electrons. The quantitative estimate of drug-likeness (QED) is 0.813. The Labute approximate surface area is 112 Å². The third-order valence-corrected chi connectivity index (χ3v) is 4.34. The van der Waals surface area contributed by atoms with E-state index < -0.39 is 0 Å². The Morgan fingerprint density at radius 2 is 1.84 bits per heavy atom. The summed E-state index contributed by atoms with van der Waals surface area (Å²) in [4.78, 5) is 0. The number of rotatable bonds is 1. The van der Waals surface area contributed by atoms with Crippen LogP contribution in [-0.2, 0) is 0 Å². The highest BCUT2D eigenvalue weighted by molar-refractivity contribution is 5.87. The minimum atomic E-state index is 0.333. The first-order valence-corrected chi connectivity index (χ1v) is 6.98. The predicted molar refractivity (Wildman–Crippen MR) is 78.2 cm³/mol. The number of hydrogen-bond acceptors (Lipinski definition) is 2. The first kappa shape index (κ1) is 11.1. The molecule has 4 rings (SSSR count). The highest BCUT2D eigenvalue weighted by Gasteiger charge is 2.28. The summed E-state index contributed by atoms with van der Waals surface area (Å²) in [5.41, 5.74) is 2.80. The van der Waals surface area contributed by atoms with Gasteiger partial charge in [-0.3, -0.25) is 0 Å². The Kier molecular flexibility index (Phi) is 2.39. The van der Waals surface area contributed by atoms with Gasteiger partial charge in [-0.1, -0.05) is 24.3 Å². The maximum atomic E-state index is 9.51. The molecule has 1 fully saturated rings. The molecule has 2 aromatic rings. The van der Waals surface area contributed by atoms with Crippen LogP contribution in [-0.4, -0.2) is 17.2 Å². The molecule has 2 aliphatic rings. The Bertz CT molecular complexity index is 674. The van der Waals surface area contributed by atoms with Crippen molar-refractivity contribution in [3.63, 3.8) is 0 Å². The zero-order valence-electron chi connectivity index (χ0n) is 10.8. The molecular weight excluding hydrogens is 234 g/mol. The molecular formula is C17H17NO. The summed E-state index contributed by atoms with van der Waals surface area (Å²) in [6.07, 6.45) is 6.10. The summed E-state index contributed by atoms with van der Waals surface area (Å²) in [7, 11) is 0. The third-order valence-electron chi connectivity index (χ3n) is 4.34. The van der Waals surface area contributed by atoms with Crippen LogP contribution in [0.4, 0.5) is 0 Å². The predicted octanol–water partition coefficient (Wildman–Crippen LogP) is 3.45. The van der Waals surface area contributed by atoms with Crippen molar-refractivity contribution < 1.29 is 5.11 Å². The van der Waals surface area contributed by atoms with Gasteiger partial charge in [0.2, 0.25) is 0 Å². The van der Waals surface area contributed by atoms with Crippen molar-refractivity contribution in [1.29, 1.82) is 0 Å². The fraction of sp³-hybridized carbons (Fsp3) is 0.294. The maximum absolute atomic E-state index is 9.51. The summed E-state index contributed by atoms with van der Waals surface area (Å²) >= 11 is 0. The molecule has 2 heterocycles. The Morgan fingerprint density at radius 1 is 1.00 bits per heavy atom. The van der Waals surface area contributed by atoms with E-state index in [1.54, 1.807) is 6.07 Å². The van der Waals surface area contributed by atoms with E-state index in [1.807, 2.05) is 12.1 Å². The molecule has 2 N–H and O–H groups in total. The SMILES string of the molecule is Oc1ccc2cc(C3=CC4CCC(C3)N4)ccc2c1. The number of aromatic hydroxyl groups is 1. The third kappa shape index (κ3) is 1.92. The first-order chi connectivity index (χ1) is 9.28. The van der Waals surface area contributed by atoms with Gasteiger partial charge in [-0.25, -0.2) is 0 Å². The van der Waals surface area contributed by atoms with Gasteiger partial charge < -0.3 is 10.4 Å². The number of fused-ring (bicyclic) bond motifs is 3. The van der Waals surface area contributed by atoms with Gasteiger partial charge in [0.1, 0.15) is 5.75 Å². The molecule has 2 nitrogen and oxygen atoms in total. The van der Waals surface area contributed by atoms with E-state index in [-0.39, 0.29) is 0 Å². The van der Waals surface area contributed by atoms with Crippen molar-refractivity contribution in [2.45, 2.75) is 31.3 Å². The zero-order valence-corrected chi connectivity index (χ0v) is 10.8. The smallest absolute Gasteiger partial charge is 0.116 e. The fourth-order valence-corrected chi connectivity index (χ4v) is 3.37. The van der Waals surface area contributed by atoms with Gasteiger partial charge in [-0.2, -0.15) is 0 Å². The number of hydrogen-bond donors (Lipinski definition) is 2. The normalized spacial score (nSPS) is 25.6. The van der Waals surface area contributed by atoms with E-state index >= 15 is 0 Å². The highest BCUT2D eigenvalue weighted by Crippen LogP contribution is 2.33. The van der Waals surface area contributed by atoms with Crippen LogP contribution in [0, 0.1) is 0 Å². The second-order valence-corrected chi connectivity index (χ2v) is 5.69. The molecule has 0 aromatic heterocycles. The van der Waals surface area contributed by atoms with Crippen molar-refractivity contribution in [3.8, 4) is 5.75 Å². The first-order valence-electron chi connectivity index (χ1n) is 6.98. The Balaban J connectivity index is 1.77. The number of phenols is 1. The van der Waals surface area contributed by atoms with Crippen LogP contribution in [0.15, 0.2) is 42.5 Å². The van der Waals surface area contributed by atoms with E-state index in [1.165, 1.54) is 29.4 Å². The molecule has 2 aromatic carbocycles. The summed E-state index contributed by atoms with van der Waals surface area (Å²) in [6, 6.07) is 13.3. The van der Waals surface area contributed by atoms with Crippen LogP contribution in [0.1, 0.15) is 24.8 Å². The molecule has 2 heteroatoms. The minimum absolute atomic E-state index is 0.333. The average molecular weight is 251 g/mol. The fourth-order valence-electron chi connectivity index (χ4n) is 3.37. The van der Waals surface area contributed by atoms with Gasteiger partial charge in [0.25, 0.3) is 0 Å². The second-order valence-electron chi connectivity index (χ2n) is 5.69. The monoisotopic (exact) mass is 251 g/mol. The molecule has 2 bridgehead atoms. The molecule has 1 saturated heterocycles. The van der Waals surface area contributed by atoms with Gasteiger partial charge >= 0.3 is 0 Å². The van der Waals surface area contributed by atoms with Crippen molar-refractivity contribution in [1.82, 2.24) is 5.32 Å². The van der Waals surface area contributed by atoms with E-state index in [4.69, 9.17) is 0 Å². The lowest BCUT2D eigenvalue weighted by atomic mass is 9.94. The van der Waals surface area contributed by atoms with Crippen LogP contribution < -0.4 is 5.32 Å². The Hall–Kier alpha value is -1.80.